The number of likely N-dealkylation sites (N-methyl/N-ethyl adjacent to an activating group) is 1. The summed E-state index contributed by atoms with van der Waals surface area (Å²) in [5.41, 5.74) is 1.76. The van der Waals surface area contributed by atoms with E-state index in [2.05, 4.69) is 0 Å². The smallest absolute Gasteiger partial charge is 0.278 e. The van der Waals surface area contributed by atoms with Gasteiger partial charge in [0.2, 0.25) is 0 Å². The van der Waals surface area contributed by atoms with E-state index in [1.54, 1.807) is 0 Å². The maximum absolute atomic E-state index is 12.9. The number of carbonyl (C=O) groups is 2. The van der Waals surface area contributed by atoms with Gasteiger partial charge in [0, 0.05) is 18.7 Å². The van der Waals surface area contributed by atoms with Crippen molar-refractivity contribution in [3.8, 4) is 11.5 Å². The third-order valence-corrected chi connectivity index (χ3v) is 5.89. The number of hydrogen-bond donors (Lipinski definition) is 1. The van der Waals surface area contributed by atoms with E-state index < -0.39 is 0 Å². The minimum atomic E-state index is 0.0692. The molecule has 0 atom stereocenters. The predicted molar refractivity (Wildman–Crippen MR) is 116 cm³/mol. The van der Waals surface area contributed by atoms with Gasteiger partial charge in [-0.25, -0.2) is 0 Å². The second-order valence-electron chi connectivity index (χ2n) is 7.97. The second kappa shape index (κ2) is 9.83. The van der Waals surface area contributed by atoms with Crippen LogP contribution in [0.4, 0.5) is 0 Å². The van der Waals surface area contributed by atoms with Gasteiger partial charge in [-0.05, 0) is 36.8 Å². The Labute approximate surface area is 183 Å². The zero-order chi connectivity index (χ0) is 21.6. The van der Waals surface area contributed by atoms with Crippen LogP contribution in [0, 0.1) is 0 Å². The van der Waals surface area contributed by atoms with E-state index in [4.69, 9.17) is 9.47 Å². The normalized spacial score (nSPS) is 16.1. The molecule has 0 aromatic heterocycles. The molecule has 2 aromatic carbocycles. The lowest BCUT2D eigenvalue weighted by Crippen LogP contribution is -3.15. The van der Waals surface area contributed by atoms with Crippen molar-refractivity contribution < 1.29 is 24.0 Å². The standard InChI is InChI=1S/C24H29N3O4/c1-2-26(17-19-8-9-21-22(16-19)31-15-14-30-21)23(28)18-25-10-12-27(13-11-25)24(29)20-6-4-3-5-7-20/h3-9,16H,2,10-15,17-18H2,1H3/p+1. The third-order valence-electron chi connectivity index (χ3n) is 5.89. The Morgan fingerprint density at radius 3 is 2.42 bits per heavy atom. The summed E-state index contributed by atoms with van der Waals surface area (Å²) in [6.07, 6.45) is 0. The highest BCUT2D eigenvalue weighted by atomic mass is 16.6. The van der Waals surface area contributed by atoms with Crippen molar-refractivity contribution in [2.45, 2.75) is 13.5 Å². The van der Waals surface area contributed by atoms with Gasteiger partial charge in [-0.1, -0.05) is 24.3 Å². The molecular weight excluding hydrogens is 394 g/mol. The number of amides is 2. The van der Waals surface area contributed by atoms with Crippen LogP contribution in [0.25, 0.3) is 0 Å². The molecule has 4 rings (SSSR count). The van der Waals surface area contributed by atoms with Crippen molar-refractivity contribution >= 4 is 11.8 Å². The first-order chi connectivity index (χ1) is 15.1. The molecule has 2 amide bonds. The summed E-state index contributed by atoms with van der Waals surface area (Å²) in [5.74, 6) is 1.71. The molecule has 0 spiro atoms. The molecule has 2 aliphatic heterocycles. The first-order valence-electron chi connectivity index (χ1n) is 11.0. The zero-order valence-electron chi connectivity index (χ0n) is 18.0. The highest BCUT2D eigenvalue weighted by Gasteiger charge is 2.27. The Morgan fingerprint density at radius 2 is 1.71 bits per heavy atom. The Bertz CT molecular complexity index is 910. The van der Waals surface area contributed by atoms with E-state index in [0.717, 1.165) is 35.7 Å². The fourth-order valence-electron chi connectivity index (χ4n) is 4.07. The van der Waals surface area contributed by atoms with Crippen molar-refractivity contribution in [1.82, 2.24) is 9.80 Å². The first kappa shape index (κ1) is 21.2. The van der Waals surface area contributed by atoms with Crippen molar-refractivity contribution in [2.24, 2.45) is 0 Å². The van der Waals surface area contributed by atoms with Crippen molar-refractivity contribution in [3.63, 3.8) is 0 Å². The lowest BCUT2D eigenvalue weighted by molar-refractivity contribution is -0.896. The number of carbonyl (C=O) groups excluding carboxylic acids is 2. The van der Waals surface area contributed by atoms with Crippen LogP contribution < -0.4 is 14.4 Å². The number of quaternary nitrogens is 1. The van der Waals surface area contributed by atoms with Gasteiger partial charge in [0.05, 0.1) is 26.2 Å². The maximum Gasteiger partial charge on any atom is 0.278 e. The van der Waals surface area contributed by atoms with E-state index in [1.807, 2.05) is 65.3 Å². The lowest BCUT2D eigenvalue weighted by Gasteiger charge is -2.33. The van der Waals surface area contributed by atoms with Crippen LogP contribution in [0.5, 0.6) is 11.5 Å². The first-order valence-corrected chi connectivity index (χ1v) is 11.0. The van der Waals surface area contributed by atoms with Gasteiger partial charge >= 0.3 is 0 Å². The fourth-order valence-corrected chi connectivity index (χ4v) is 4.07. The average Bonchev–Trinajstić information content (AvgIpc) is 2.83. The summed E-state index contributed by atoms with van der Waals surface area (Å²) in [5, 5.41) is 0. The Kier molecular flexibility index (Phi) is 6.72. The van der Waals surface area contributed by atoms with Gasteiger partial charge in [0.15, 0.2) is 18.0 Å². The van der Waals surface area contributed by atoms with Crippen LogP contribution in [0.1, 0.15) is 22.8 Å². The van der Waals surface area contributed by atoms with Crippen molar-refractivity contribution in [3.05, 3.63) is 59.7 Å². The number of nitrogens with zero attached hydrogens (tertiary/aromatic N) is 2. The average molecular weight is 425 g/mol. The molecule has 0 radical (unpaired) electrons. The molecule has 1 saturated heterocycles. The van der Waals surface area contributed by atoms with E-state index >= 15 is 0 Å². The molecule has 2 heterocycles. The molecule has 7 nitrogen and oxygen atoms in total. The molecular formula is C24H30N3O4+. The molecule has 0 saturated carbocycles. The van der Waals surface area contributed by atoms with Crippen LogP contribution >= 0.6 is 0 Å². The van der Waals surface area contributed by atoms with E-state index in [0.29, 0.717) is 45.9 Å². The molecule has 0 bridgehead atoms. The fraction of sp³-hybridized carbons (Fsp3) is 0.417. The van der Waals surface area contributed by atoms with E-state index in [9.17, 15) is 9.59 Å². The van der Waals surface area contributed by atoms with E-state index in [1.165, 1.54) is 4.90 Å². The Hall–Kier alpha value is -3.06. The van der Waals surface area contributed by atoms with Gasteiger partial charge in [0.1, 0.15) is 13.2 Å². The summed E-state index contributed by atoms with van der Waals surface area (Å²) >= 11 is 0. The van der Waals surface area contributed by atoms with Crippen LogP contribution in [-0.2, 0) is 11.3 Å². The van der Waals surface area contributed by atoms with Crippen molar-refractivity contribution in [2.75, 3.05) is 52.5 Å². The summed E-state index contributed by atoms with van der Waals surface area (Å²) < 4.78 is 11.2. The Morgan fingerprint density at radius 1 is 1.00 bits per heavy atom. The van der Waals surface area contributed by atoms with Crippen LogP contribution in [-0.4, -0.2) is 74.1 Å². The minimum absolute atomic E-state index is 0.0692. The molecule has 31 heavy (non-hydrogen) atoms. The van der Waals surface area contributed by atoms with Gasteiger partial charge in [0.25, 0.3) is 11.8 Å². The number of fused-ring (bicyclic) bond motifs is 1. The summed E-state index contributed by atoms with van der Waals surface area (Å²) in [6.45, 7) is 7.69. The molecule has 2 aliphatic rings. The summed E-state index contributed by atoms with van der Waals surface area (Å²) in [6, 6.07) is 15.2. The predicted octanol–water partition coefficient (Wildman–Crippen LogP) is 0.847. The number of nitrogens with one attached hydrogen (secondary N) is 1. The van der Waals surface area contributed by atoms with Crippen molar-refractivity contribution in [1.29, 1.82) is 0 Å². The van der Waals surface area contributed by atoms with Gasteiger partial charge < -0.3 is 24.2 Å². The largest absolute Gasteiger partial charge is 0.486 e. The van der Waals surface area contributed by atoms with Gasteiger partial charge in [-0.15, -0.1) is 0 Å². The summed E-state index contributed by atoms with van der Waals surface area (Å²) in [7, 11) is 0. The molecule has 7 heteroatoms. The highest BCUT2D eigenvalue weighted by Crippen LogP contribution is 2.31. The SMILES string of the molecule is CCN(Cc1ccc2c(c1)OCCO2)C(=O)C[NH+]1CCN(C(=O)c2ccccc2)CC1. The van der Waals surface area contributed by atoms with Crippen LogP contribution in [0.15, 0.2) is 48.5 Å². The minimum Gasteiger partial charge on any atom is -0.486 e. The molecule has 2 aromatic rings. The zero-order valence-corrected chi connectivity index (χ0v) is 18.0. The topological polar surface area (TPSA) is 63.5 Å². The third kappa shape index (κ3) is 5.17. The second-order valence-corrected chi connectivity index (χ2v) is 7.97. The highest BCUT2D eigenvalue weighted by molar-refractivity contribution is 5.94. The number of rotatable bonds is 6. The van der Waals surface area contributed by atoms with Gasteiger partial charge in [-0.3, -0.25) is 9.59 Å². The van der Waals surface area contributed by atoms with Crippen LogP contribution in [0.2, 0.25) is 0 Å². The molecule has 1 N–H and O–H groups in total. The number of hydrogen-bond acceptors (Lipinski definition) is 4. The number of piperazine rings is 1. The number of benzene rings is 2. The van der Waals surface area contributed by atoms with Gasteiger partial charge in [-0.2, -0.15) is 0 Å². The summed E-state index contributed by atoms with van der Waals surface area (Å²) in [4.78, 5) is 30.5. The molecule has 164 valence electrons. The van der Waals surface area contributed by atoms with E-state index in [-0.39, 0.29) is 11.8 Å². The molecule has 0 unspecified atom stereocenters. The Balaban J connectivity index is 1.29. The maximum atomic E-state index is 12.9. The monoisotopic (exact) mass is 424 g/mol. The van der Waals surface area contributed by atoms with Crippen LogP contribution in [0.3, 0.4) is 0 Å². The lowest BCUT2D eigenvalue weighted by atomic mass is 10.1. The quantitative estimate of drug-likeness (QED) is 0.747. The number of ether oxygens (including phenoxy) is 2. The molecule has 1 fully saturated rings. The molecule has 0 aliphatic carbocycles.